The Balaban J connectivity index is 1.58. The van der Waals surface area contributed by atoms with Gasteiger partial charge in [-0.2, -0.15) is 0 Å². The number of carbonyl (C=O) groups excluding carboxylic acids is 1. The summed E-state index contributed by atoms with van der Waals surface area (Å²) in [7, 11) is -3.16. The zero-order chi connectivity index (χ0) is 16.7. The summed E-state index contributed by atoms with van der Waals surface area (Å²) in [6.45, 7) is 1.02. The van der Waals surface area contributed by atoms with Crippen LogP contribution >= 0.6 is 11.3 Å². The number of sulfone groups is 1. The van der Waals surface area contributed by atoms with Crippen LogP contribution < -0.4 is 0 Å². The Hall–Kier alpha value is -1.44. The lowest BCUT2D eigenvalue weighted by Crippen LogP contribution is -2.60. The van der Waals surface area contributed by atoms with Crippen LogP contribution in [0, 0.1) is 0 Å². The van der Waals surface area contributed by atoms with Gasteiger partial charge in [-0.15, -0.1) is 11.3 Å². The van der Waals surface area contributed by atoms with Crippen molar-refractivity contribution in [1.29, 1.82) is 0 Å². The van der Waals surface area contributed by atoms with Crippen molar-refractivity contribution >= 4 is 37.2 Å². The van der Waals surface area contributed by atoms with Crippen molar-refractivity contribution in [2.45, 2.75) is 24.1 Å². The van der Waals surface area contributed by atoms with Crippen LogP contribution in [-0.4, -0.2) is 56.0 Å². The number of thiophene rings is 1. The maximum Gasteiger partial charge on any atom is 0.227 e. The van der Waals surface area contributed by atoms with E-state index in [0.29, 0.717) is 26.0 Å². The molecule has 0 N–H and O–H groups in total. The van der Waals surface area contributed by atoms with Gasteiger partial charge in [0.2, 0.25) is 5.91 Å². The monoisotopic (exact) mass is 365 g/mol. The highest BCUT2D eigenvalue weighted by atomic mass is 32.2. The molecule has 0 unspecified atom stereocenters. The van der Waals surface area contributed by atoms with Crippen LogP contribution in [0.5, 0.6) is 0 Å². The van der Waals surface area contributed by atoms with Crippen LogP contribution in [0.3, 0.4) is 0 Å². The van der Waals surface area contributed by atoms with Crippen LogP contribution in [0.15, 0.2) is 29.6 Å². The molecule has 4 rings (SSSR count). The van der Waals surface area contributed by atoms with Gasteiger partial charge >= 0.3 is 0 Å². The Morgan fingerprint density at radius 2 is 2.17 bits per heavy atom. The van der Waals surface area contributed by atoms with E-state index in [9.17, 15) is 13.2 Å². The van der Waals surface area contributed by atoms with E-state index in [2.05, 4.69) is 6.07 Å². The molecule has 5 nitrogen and oxygen atoms in total. The molecule has 1 aromatic carbocycles. The summed E-state index contributed by atoms with van der Waals surface area (Å²) in [5.41, 5.74) is 1.03. The third-order valence-corrected chi connectivity index (χ3v) is 8.11. The third-order valence-electron chi connectivity index (χ3n) is 4.97. The predicted octanol–water partition coefficient (Wildman–Crippen LogP) is 1.86. The van der Waals surface area contributed by atoms with E-state index in [1.54, 1.807) is 16.2 Å². The maximum absolute atomic E-state index is 12.9. The van der Waals surface area contributed by atoms with Crippen molar-refractivity contribution in [3.05, 3.63) is 35.2 Å². The van der Waals surface area contributed by atoms with E-state index in [1.165, 1.54) is 4.70 Å². The quantitative estimate of drug-likeness (QED) is 0.815. The molecule has 0 spiro atoms. The lowest BCUT2D eigenvalue weighted by Gasteiger charge is -2.43. The molecule has 1 amide bonds. The van der Waals surface area contributed by atoms with Gasteiger partial charge in [0.15, 0.2) is 9.84 Å². The molecule has 2 aliphatic rings. The van der Waals surface area contributed by atoms with Crippen LogP contribution in [0.2, 0.25) is 0 Å². The number of hydrogen-bond donors (Lipinski definition) is 0. The minimum atomic E-state index is -3.16. The zero-order valence-corrected chi connectivity index (χ0v) is 14.8. The predicted molar refractivity (Wildman–Crippen MR) is 94.0 cm³/mol. The van der Waals surface area contributed by atoms with Crippen molar-refractivity contribution < 1.29 is 17.9 Å². The first kappa shape index (κ1) is 16.1. The number of fused-ring (bicyclic) bond motifs is 2. The average Bonchev–Trinajstić information content (AvgIpc) is 2.98. The standard InChI is InChI=1S/C17H19NO4S2/c19-17(9-12-11-23-15-4-2-1-3-13(12)15)18-6-8-24(20,21)16-10-22-7-5-14(16)18/h1-4,11,14,16H,5-10H2/t14-,16+/m0/s1. The van der Waals surface area contributed by atoms with Crippen LogP contribution in [0.25, 0.3) is 10.1 Å². The normalized spacial score (nSPS) is 26.2. The number of amides is 1. The molecule has 24 heavy (non-hydrogen) atoms. The van der Waals surface area contributed by atoms with Crippen molar-refractivity contribution in [2.24, 2.45) is 0 Å². The largest absolute Gasteiger partial charge is 0.380 e. The Labute approximate surface area is 145 Å². The molecule has 2 fully saturated rings. The van der Waals surface area contributed by atoms with Gasteiger partial charge in [0.1, 0.15) is 5.25 Å². The SMILES string of the molecule is O=C(Cc1csc2ccccc12)N1CCS(=O)(=O)[C@@H]2COCC[C@@H]21. The van der Waals surface area contributed by atoms with Crippen molar-refractivity contribution in [1.82, 2.24) is 4.90 Å². The van der Waals surface area contributed by atoms with Gasteiger partial charge < -0.3 is 9.64 Å². The number of ether oxygens (including phenoxy) is 1. The van der Waals surface area contributed by atoms with E-state index in [-0.39, 0.29) is 24.3 Å². The highest BCUT2D eigenvalue weighted by molar-refractivity contribution is 7.92. The van der Waals surface area contributed by atoms with Gasteiger partial charge in [-0.05, 0) is 28.8 Å². The van der Waals surface area contributed by atoms with Crippen LogP contribution in [-0.2, 0) is 25.8 Å². The molecule has 2 saturated heterocycles. The van der Waals surface area contributed by atoms with E-state index in [1.807, 2.05) is 23.6 Å². The smallest absolute Gasteiger partial charge is 0.227 e. The lowest BCUT2D eigenvalue weighted by molar-refractivity contribution is -0.134. The number of hydrogen-bond acceptors (Lipinski definition) is 5. The Bertz CT molecular complexity index is 874. The first-order valence-corrected chi connectivity index (χ1v) is 10.7. The van der Waals surface area contributed by atoms with Gasteiger partial charge in [-0.25, -0.2) is 8.42 Å². The summed E-state index contributed by atoms with van der Waals surface area (Å²) in [4.78, 5) is 14.6. The van der Waals surface area contributed by atoms with E-state index in [4.69, 9.17) is 4.74 Å². The van der Waals surface area contributed by atoms with Gasteiger partial charge in [-0.3, -0.25) is 4.79 Å². The van der Waals surface area contributed by atoms with Crippen LogP contribution in [0.1, 0.15) is 12.0 Å². The molecule has 2 aliphatic heterocycles. The molecule has 1 aromatic heterocycles. The molecule has 2 aromatic rings. The second-order valence-electron chi connectivity index (χ2n) is 6.36. The summed E-state index contributed by atoms with van der Waals surface area (Å²) in [5.74, 6) is 0.0542. The molecule has 7 heteroatoms. The topological polar surface area (TPSA) is 63.7 Å². The summed E-state index contributed by atoms with van der Waals surface area (Å²) in [6.07, 6.45) is 0.925. The molecule has 2 atom stereocenters. The lowest BCUT2D eigenvalue weighted by atomic mass is 10.0. The van der Waals surface area contributed by atoms with Gasteiger partial charge in [-0.1, -0.05) is 18.2 Å². The number of nitrogens with zero attached hydrogens (tertiary/aromatic N) is 1. The number of rotatable bonds is 2. The zero-order valence-electron chi connectivity index (χ0n) is 13.2. The molecular formula is C17H19NO4S2. The average molecular weight is 365 g/mol. The Morgan fingerprint density at radius 1 is 1.33 bits per heavy atom. The highest BCUT2D eigenvalue weighted by Crippen LogP contribution is 2.29. The summed E-state index contributed by atoms with van der Waals surface area (Å²) in [5, 5.41) is 2.58. The fourth-order valence-corrected chi connectivity index (χ4v) is 6.47. The van der Waals surface area contributed by atoms with Gasteiger partial charge in [0, 0.05) is 17.9 Å². The van der Waals surface area contributed by atoms with Gasteiger partial charge in [0.25, 0.3) is 0 Å². The van der Waals surface area contributed by atoms with E-state index >= 15 is 0 Å². The molecule has 0 radical (unpaired) electrons. The van der Waals surface area contributed by atoms with Crippen molar-refractivity contribution in [3.63, 3.8) is 0 Å². The number of carbonyl (C=O) groups is 1. The third kappa shape index (κ3) is 2.74. The first-order chi connectivity index (χ1) is 11.6. The fraction of sp³-hybridized carbons (Fsp3) is 0.471. The van der Waals surface area contributed by atoms with E-state index in [0.717, 1.165) is 10.9 Å². The summed E-state index contributed by atoms with van der Waals surface area (Å²) < 4.78 is 31.0. The highest BCUT2D eigenvalue weighted by Gasteiger charge is 2.44. The molecule has 128 valence electrons. The van der Waals surface area contributed by atoms with Crippen molar-refractivity contribution in [3.8, 4) is 0 Å². The number of benzene rings is 1. The molecule has 3 heterocycles. The van der Waals surface area contributed by atoms with Gasteiger partial charge in [0.05, 0.1) is 24.8 Å². The second-order valence-corrected chi connectivity index (χ2v) is 9.61. The molecule has 0 bridgehead atoms. The Morgan fingerprint density at radius 3 is 3.04 bits per heavy atom. The Kier molecular flexibility index (Phi) is 4.10. The minimum Gasteiger partial charge on any atom is -0.380 e. The fourth-order valence-electron chi connectivity index (χ4n) is 3.69. The second kappa shape index (κ2) is 6.13. The molecule has 0 aliphatic carbocycles. The summed E-state index contributed by atoms with van der Waals surface area (Å²) >= 11 is 1.64. The summed E-state index contributed by atoms with van der Waals surface area (Å²) in [6, 6.07) is 7.81. The minimum absolute atomic E-state index is 0.0188. The molecular weight excluding hydrogens is 346 g/mol. The first-order valence-electron chi connectivity index (χ1n) is 8.10. The van der Waals surface area contributed by atoms with Crippen LogP contribution in [0.4, 0.5) is 0 Å². The maximum atomic E-state index is 12.9. The molecule has 0 saturated carbocycles. The van der Waals surface area contributed by atoms with Crippen molar-refractivity contribution in [2.75, 3.05) is 25.5 Å². The van der Waals surface area contributed by atoms with E-state index < -0.39 is 15.1 Å².